The van der Waals surface area contributed by atoms with E-state index in [1.807, 2.05) is 19.1 Å². The summed E-state index contributed by atoms with van der Waals surface area (Å²) in [4.78, 5) is 0. The minimum Gasteiger partial charge on any atom is -0.496 e. The minimum absolute atomic E-state index is 0.0205. The van der Waals surface area contributed by atoms with Gasteiger partial charge in [-0.3, -0.25) is 0 Å². The van der Waals surface area contributed by atoms with Crippen LogP contribution < -0.4 is 9.47 Å². The molecular weight excluding hydrogens is 240 g/mol. The fraction of sp³-hybridized carbons (Fsp3) is 0.200. The topological polar surface area (TPSA) is 66.0 Å². The third-order valence-electron chi connectivity index (χ3n) is 2.51. The lowest BCUT2D eigenvalue weighted by molar-refractivity contribution is 0.392. The Morgan fingerprint density at radius 2 is 1.63 bits per heavy atom. The summed E-state index contributed by atoms with van der Waals surface area (Å²) in [6.07, 6.45) is 1.48. The number of allylic oxidation sites excluding steroid dienone is 2. The van der Waals surface area contributed by atoms with Gasteiger partial charge in [-0.05, 0) is 36.3 Å². The second-order valence-corrected chi connectivity index (χ2v) is 3.86. The van der Waals surface area contributed by atoms with Gasteiger partial charge in [0.15, 0.2) is 0 Å². The summed E-state index contributed by atoms with van der Waals surface area (Å²) < 4.78 is 10.6. The van der Waals surface area contributed by atoms with E-state index >= 15 is 0 Å². The summed E-state index contributed by atoms with van der Waals surface area (Å²) in [6.45, 7) is 5.74. The number of hydrogen-bond donors (Lipinski definition) is 0. The van der Waals surface area contributed by atoms with Gasteiger partial charge in [0, 0.05) is 0 Å². The van der Waals surface area contributed by atoms with Crippen LogP contribution in [0.15, 0.2) is 24.3 Å². The molecule has 0 bridgehead atoms. The molecule has 19 heavy (non-hydrogen) atoms. The first-order valence-corrected chi connectivity index (χ1v) is 5.51. The second-order valence-electron chi connectivity index (χ2n) is 3.86. The van der Waals surface area contributed by atoms with Gasteiger partial charge in [-0.15, -0.1) is 0 Å². The Hall–Kier alpha value is -2.72. The Morgan fingerprint density at radius 1 is 1.16 bits per heavy atom. The summed E-state index contributed by atoms with van der Waals surface area (Å²) in [5.41, 5.74) is 2.27. The van der Waals surface area contributed by atoms with Gasteiger partial charge >= 0.3 is 0 Å². The molecule has 0 fully saturated rings. The van der Waals surface area contributed by atoms with Crippen LogP contribution in [0, 0.1) is 22.7 Å². The molecule has 0 unspecified atom stereocenters. The highest BCUT2D eigenvalue weighted by Gasteiger charge is 2.12. The Bertz CT molecular complexity index is 575. The molecule has 0 saturated heterocycles. The van der Waals surface area contributed by atoms with Gasteiger partial charge in [0.2, 0.25) is 0 Å². The number of ether oxygens (including phenoxy) is 2. The van der Waals surface area contributed by atoms with Gasteiger partial charge in [-0.1, -0.05) is 6.58 Å². The Labute approximate surface area is 112 Å². The fourth-order valence-electron chi connectivity index (χ4n) is 1.69. The molecule has 0 aliphatic rings. The van der Waals surface area contributed by atoms with E-state index in [2.05, 4.69) is 6.58 Å². The highest BCUT2D eigenvalue weighted by Crippen LogP contribution is 2.35. The predicted molar refractivity (Wildman–Crippen MR) is 73.5 cm³/mol. The van der Waals surface area contributed by atoms with E-state index in [1.165, 1.54) is 6.08 Å². The molecule has 1 aromatic carbocycles. The van der Waals surface area contributed by atoms with Crippen LogP contribution >= 0.6 is 0 Å². The molecule has 0 N–H and O–H groups in total. The Kier molecular flexibility index (Phi) is 4.74. The lowest BCUT2D eigenvalue weighted by Crippen LogP contribution is -1.96. The summed E-state index contributed by atoms with van der Waals surface area (Å²) in [6, 6.07) is 7.10. The monoisotopic (exact) mass is 254 g/mol. The number of rotatable bonds is 4. The van der Waals surface area contributed by atoms with Crippen LogP contribution in [-0.4, -0.2) is 14.2 Å². The fourth-order valence-corrected chi connectivity index (χ4v) is 1.69. The zero-order valence-electron chi connectivity index (χ0n) is 11.2. The molecule has 1 aromatic rings. The van der Waals surface area contributed by atoms with Gasteiger partial charge in [-0.2, -0.15) is 10.5 Å². The number of benzene rings is 1. The molecule has 0 saturated carbocycles. The van der Waals surface area contributed by atoms with Crippen LogP contribution in [0.25, 0.3) is 11.6 Å². The van der Waals surface area contributed by atoms with Gasteiger partial charge in [0.25, 0.3) is 0 Å². The number of nitrogens with zero attached hydrogens (tertiary/aromatic N) is 2. The SMILES string of the molecule is C=C(C)c1c(OC)cc(C=C(C#N)C#N)cc1OC. The summed E-state index contributed by atoms with van der Waals surface area (Å²) in [5, 5.41) is 17.5. The number of methoxy groups -OCH3 is 2. The number of hydrogen-bond acceptors (Lipinski definition) is 4. The van der Waals surface area contributed by atoms with Crippen molar-refractivity contribution in [3.8, 4) is 23.6 Å². The largest absolute Gasteiger partial charge is 0.496 e. The summed E-state index contributed by atoms with van der Waals surface area (Å²) in [7, 11) is 3.09. The number of nitriles is 2. The van der Waals surface area contributed by atoms with E-state index < -0.39 is 0 Å². The van der Waals surface area contributed by atoms with Crippen molar-refractivity contribution in [3.05, 3.63) is 35.4 Å². The molecule has 4 nitrogen and oxygen atoms in total. The average Bonchev–Trinajstić information content (AvgIpc) is 2.43. The average molecular weight is 254 g/mol. The molecule has 1 rings (SSSR count). The van der Waals surface area contributed by atoms with Gasteiger partial charge in [0.1, 0.15) is 29.2 Å². The van der Waals surface area contributed by atoms with E-state index in [0.29, 0.717) is 17.1 Å². The molecule has 0 amide bonds. The zero-order valence-corrected chi connectivity index (χ0v) is 11.2. The lowest BCUT2D eigenvalue weighted by Gasteiger charge is -2.14. The zero-order chi connectivity index (χ0) is 14.4. The first-order chi connectivity index (χ1) is 9.07. The smallest absolute Gasteiger partial charge is 0.130 e. The molecule has 0 heterocycles. The highest BCUT2D eigenvalue weighted by molar-refractivity contribution is 5.76. The van der Waals surface area contributed by atoms with Crippen molar-refractivity contribution in [3.63, 3.8) is 0 Å². The van der Waals surface area contributed by atoms with Crippen LogP contribution in [0.4, 0.5) is 0 Å². The normalized spacial score (nSPS) is 8.89. The maximum Gasteiger partial charge on any atom is 0.130 e. The first-order valence-electron chi connectivity index (χ1n) is 5.51. The highest BCUT2D eigenvalue weighted by atomic mass is 16.5. The van der Waals surface area contributed by atoms with Crippen molar-refractivity contribution in [2.45, 2.75) is 6.92 Å². The Balaban J connectivity index is 3.49. The third kappa shape index (κ3) is 3.14. The standard InChI is InChI=1S/C15H14N2O2/c1-10(2)15-13(18-3)6-11(7-14(15)19-4)5-12(8-16)9-17/h5-7H,1H2,2-4H3. The molecule has 0 spiro atoms. The maximum absolute atomic E-state index is 8.77. The van der Waals surface area contributed by atoms with Crippen LogP contribution in [-0.2, 0) is 0 Å². The molecular formula is C15H14N2O2. The quantitative estimate of drug-likeness (QED) is 0.774. The first kappa shape index (κ1) is 14.3. The van der Waals surface area contributed by atoms with Crippen molar-refractivity contribution in [1.82, 2.24) is 0 Å². The molecule has 0 atom stereocenters. The summed E-state index contributed by atoms with van der Waals surface area (Å²) >= 11 is 0. The molecule has 0 radical (unpaired) electrons. The minimum atomic E-state index is 0.0205. The van der Waals surface area contributed by atoms with Crippen LogP contribution in [0.1, 0.15) is 18.1 Å². The maximum atomic E-state index is 8.77. The van der Waals surface area contributed by atoms with Crippen molar-refractivity contribution >= 4 is 11.6 Å². The van der Waals surface area contributed by atoms with Crippen LogP contribution in [0.3, 0.4) is 0 Å². The molecule has 0 aliphatic carbocycles. The molecule has 0 aromatic heterocycles. The van der Waals surface area contributed by atoms with Gasteiger partial charge in [-0.25, -0.2) is 0 Å². The lowest BCUT2D eigenvalue weighted by atomic mass is 10.0. The summed E-state index contributed by atoms with van der Waals surface area (Å²) in [5.74, 6) is 1.18. The van der Waals surface area contributed by atoms with Crippen molar-refractivity contribution in [2.75, 3.05) is 14.2 Å². The molecule has 96 valence electrons. The molecule has 0 aliphatic heterocycles. The van der Waals surface area contributed by atoms with E-state index in [1.54, 1.807) is 26.4 Å². The predicted octanol–water partition coefficient (Wildman–Crippen LogP) is 3.17. The van der Waals surface area contributed by atoms with Crippen LogP contribution in [0.5, 0.6) is 11.5 Å². The van der Waals surface area contributed by atoms with Crippen molar-refractivity contribution in [1.29, 1.82) is 10.5 Å². The second kappa shape index (κ2) is 6.28. The van der Waals surface area contributed by atoms with Crippen molar-refractivity contribution in [2.24, 2.45) is 0 Å². The van der Waals surface area contributed by atoms with E-state index in [4.69, 9.17) is 20.0 Å². The molecule has 4 heteroatoms. The van der Waals surface area contributed by atoms with Gasteiger partial charge < -0.3 is 9.47 Å². The third-order valence-corrected chi connectivity index (χ3v) is 2.51. The van der Waals surface area contributed by atoms with Gasteiger partial charge in [0.05, 0.1) is 19.8 Å². The van der Waals surface area contributed by atoms with Crippen LogP contribution in [0.2, 0.25) is 0 Å². The van der Waals surface area contributed by atoms with Crippen molar-refractivity contribution < 1.29 is 9.47 Å². The Morgan fingerprint density at radius 3 is 1.95 bits per heavy atom. The van der Waals surface area contributed by atoms with E-state index in [0.717, 1.165) is 11.1 Å². The van der Waals surface area contributed by atoms with E-state index in [9.17, 15) is 0 Å². The van der Waals surface area contributed by atoms with E-state index in [-0.39, 0.29) is 5.57 Å².